The molecule has 0 N–H and O–H groups in total. The number of rotatable bonds is 13. The first-order chi connectivity index (χ1) is 20.9. The molecule has 0 aliphatic heterocycles. The van der Waals surface area contributed by atoms with Crippen LogP contribution in [0.1, 0.15) is 0 Å². The van der Waals surface area contributed by atoms with Crippen molar-refractivity contribution in [2.24, 2.45) is 0 Å². The van der Waals surface area contributed by atoms with Crippen molar-refractivity contribution in [3.05, 3.63) is 0 Å². The van der Waals surface area contributed by atoms with Crippen molar-refractivity contribution < 1.29 is 153 Å². The highest BCUT2D eigenvalue weighted by molar-refractivity contribution is 7.93. The smallest absolute Gasteiger partial charge is 0.302 e. The lowest BCUT2D eigenvalue weighted by Gasteiger charge is -2.44. The van der Waals surface area contributed by atoms with Gasteiger partial charge in [-0.3, -0.25) is 0 Å². The number of alkyl halides is 30. The fraction of sp³-hybridized carbons (Fsp3) is 1.00. The Morgan fingerprint density at radius 1 is 0.320 bits per heavy atom. The summed E-state index contributed by atoms with van der Waals surface area (Å²) in [5.74, 6) is -28.2. The molecule has 0 bridgehead atoms. The standard InChI is InChI=1S/C13F30O5SSi/c14-1(15,4(20,21)22)2(16,17)11(38,39)49(44,45)12(40,41)3(18,19)13(42,43)50(46-8(32,33)5(23,24)25,47-9(34,35)6(26,27)28)48-10(36,37)7(29,30)31. The Bertz CT molecular complexity index is 1270. The largest absolute Gasteiger partial charge is 0.595 e. The molecule has 5 nitrogen and oxygen atoms in total. The molecule has 0 spiro atoms. The summed E-state index contributed by atoms with van der Waals surface area (Å²) in [4.78, 5) is 0. The first kappa shape index (κ1) is 47.9. The molecule has 0 atom stereocenters. The second-order valence-electron chi connectivity index (χ2n) is 8.24. The lowest BCUT2D eigenvalue weighted by atomic mass is 10.1. The zero-order valence-corrected chi connectivity index (χ0v) is 22.6. The van der Waals surface area contributed by atoms with E-state index in [1.165, 1.54) is 0 Å². The molecule has 0 amide bonds. The third kappa shape index (κ3) is 7.03. The molecule has 0 radical (unpaired) electrons. The van der Waals surface area contributed by atoms with Crippen LogP contribution in [-0.4, -0.2) is 94.1 Å². The Labute approximate surface area is 250 Å². The van der Waals surface area contributed by atoms with E-state index in [0.29, 0.717) is 0 Å². The molecule has 0 fully saturated rings. The van der Waals surface area contributed by atoms with Gasteiger partial charge in [-0.05, 0) is 0 Å². The zero-order valence-electron chi connectivity index (χ0n) is 20.8. The van der Waals surface area contributed by atoms with E-state index in [9.17, 15) is 140 Å². The molecule has 0 unspecified atom stereocenters. The molecule has 0 aromatic carbocycles. The van der Waals surface area contributed by atoms with E-state index in [2.05, 4.69) is 0 Å². The molecule has 0 rings (SSSR count). The first-order valence-corrected chi connectivity index (χ1v) is 13.1. The van der Waals surface area contributed by atoms with Gasteiger partial charge in [0.15, 0.2) is 0 Å². The summed E-state index contributed by atoms with van der Waals surface area (Å²) in [5.41, 5.74) is -9.94. The van der Waals surface area contributed by atoms with E-state index in [0.717, 1.165) is 13.3 Å². The summed E-state index contributed by atoms with van der Waals surface area (Å²) < 4.78 is 422. The minimum absolute atomic E-state index is 1.08. The Balaban J connectivity index is 8.56. The van der Waals surface area contributed by atoms with Crippen LogP contribution in [0, 0.1) is 0 Å². The van der Waals surface area contributed by atoms with Crippen molar-refractivity contribution in [2.45, 2.75) is 76.9 Å². The summed E-state index contributed by atoms with van der Waals surface area (Å²) in [6.45, 7) is 0. The van der Waals surface area contributed by atoms with Crippen LogP contribution in [0.2, 0.25) is 0 Å². The summed E-state index contributed by atoms with van der Waals surface area (Å²) in [7, 11) is -22.5. The monoisotopic (exact) mass is 866 g/mol. The molecule has 0 heterocycles. The summed E-state index contributed by atoms with van der Waals surface area (Å²) >= 11 is 0. The third-order valence-electron chi connectivity index (χ3n) is 4.71. The van der Waals surface area contributed by atoms with Gasteiger partial charge in [0.05, 0.1) is 0 Å². The summed E-state index contributed by atoms with van der Waals surface area (Å²) in [6, 6.07) is 0. The van der Waals surface area contributed by atoms with Crippen LogP contribution in [0.25, 0.3) is 0 Å². The SMILES string of the molecule is O=S(=O)(C(F)(F)C(F)(F)C(F)(F)C(F)(F)F)C(F)(F)C(F)(F)C(F)(F)[Si](OC(F)(F)C(F)(F)F)(OC(F)(F)C(F)(F)F)OC(F)(F)C(F)(F)F. The molecule has 50 heavy (non-hydrogen) atoms. The van der Waals surface area contributed by atoms with Crippen molar-refractivity contribution in [1.29, 1.82) is 0 Å². The lowest BCUT2D eigenvalue weighted by Crippen LogP contribution is -2.79. The molecule has 302 valence electrons. The molecule has 0 saturated heterocycles. The Hall–Kier alpha value is -2.05. The van der Waals surface area contributed by atoms with Gasteiger partial charge in [-0.2, -0.15) is 132 Å². The highest BCUT2D eigenvalue weighted by atomic mass is 32.2. The second-order valence-corrected chi connectivity index (χ2v) is 12.6. The van der Waals surface area contributed by atoms with Gasteiger partial charge in [0.25, 0.3) is 9.84 Å². The molecule has 0 saturated carbocycles. The predicted molar refractivity (Wildman–Crippen MR) is 86.7 cm³/mol. The molecular weight excluding hydrogens is 866 g/mol. The van der Waals surface area contributed by atoms with Crippen molar-refractivity contribution in [3.8, 4) is 0 Å². The highest BCUT2D eigenvalue weighted by Gasteiger charge is 2.96. The number of hydrogen-bond donors (Lipinski definition) is 0. The van der Waals surface area contributed by atoms with E-state index in [1.54, 1.807) is 0 Å². The molecule has 0 aromatic heterocycles. The van der Waals surface area contributed by atoms with Gasteiger partial charge < -0.3 is 13.3 Å². The molecule has 37 heteroatoms. The number of hydrogen-bond acceptors (Lipinski definition) is 5. The Morgan fingerprint density at radius 2 is 0.540 bits per heavy atom. The van der Waals surface area contributed by atoms with Gasteiger partial charge in [-0.25, -0.2) is 8.42 Å². The number of sulfone groups is 1. The zero-order chi connectivity index (χ0) is 41.6. The van der Waals surface area contributed by atoms with Gasteiger partial charge in [0.1, 0.15) is 0 Å². The third-order valence-corrected chi connectivity index (χ3v) is 9.23. The normalized spacial score (nSPS) is 17.0. The van der Waals surface area contributed by atoms with Crippen molar-refractivity contribution >= 4 is 18.6 Å². The van der Waals surface area contributed by atoms with Gasteiger partial charge >= 0.3 is 85.7 Å². The Morgan fingerprint density at radius 3 is 0.740 bits per heavy atom. The van der Waals surface area contributed by atoms with Crippen molar-refractivity contribution in [2.75, 3.05) is 0 Å². The van der Waals surface area contributed by atoms with Gasteiger partial charge in [-0.15, -0.1) is 0 Å². The van der Waals surface area contributed by atoms with Crippen LogP contribution in [0.15, 0.2) is 0 Å². The molecule has 0 aromatic rings. The van der Waals surface area contributed by atoms with Crippen LogP contribution in [0.5, 0.6) is 0 Å². The van der Waals surface area contributed by atoms with Gasteiger partial charge in [0, 0.05) is 0 Å². The minimum atomic E-state index is -11.8. The molecular formula is C13F30O5SSi. The summed E-state index contributed by atoms with van der Waals surface area (Å²) in [6.07, 6.45) is -59.4. The fourth-order valence-electron chi connectivity index (χ4n) is 2.17. The van der Waals surface area contributed by atoms with Crippen LogP contribution in [0.4, 0.5) is 132 Å². The van der Waals surface area contributed by atoms with E-state index in [1.807, 2.05) is 0 Å². The maximum Gasteiger partial charge on any atom is 0.595 e. The highest BCUT2D eigenvalue weighted by Crippen LogP contribution is 2.63. The van der Waals surface area contributed by atoms with E-state index >= 15 is 0 Å². The van der Waals surface area contributed by atoms with E-state index in [4.69, 9.17) is 0 Å². The molecule has 0 aliphatic rings. The summed E-state index contributed by atoms with van der Waals surface area (Å²) in [5, 5.41) is -19.3. The number of halogens is 30. The fourth-order valence-corrected chi connectivity index (χ4v) is 5.92. The predicted octanol–water partition coefficient (Wildman–Crippen LogP) is 8.68. The Kier molecular flexibility index (Phi) is 11.5. The lowest BCUT2D eigenvalue weighted by molar-refractivity contribution is -0.434. The van der Waals surface area contributed by atoms with Crippen molar-refractivity contribution in [3.63, 3.8) is 0 Å². The van der Waals surface area contributed by atoms with Crippen LogP contribution in [0.3, 0.4) is 0 Å². The van der Waals surface area contributed by atoms with Crippen molar-refractivity contribution in [1.82, 2.24) is 0 Å². The first-order valence-electron chi connectivity index (χ1n) is 9.89. The van der Waals surface area contributed by atoms with Crippen LogP contribution < -0.4 is 0 Å². The quantitative estimate of drug-likeness (QED) is 0.137. The van der Waals surface area contributed by atoms with Gasteiger partial charge in [0.2, 0.25) is 0 Å². The topological polar surface area (TPSA) is 61.8 Å². The van der Waals surface area contributed by atoms with E-state index in [-0.39, 0.29) is 0 Å². The van der Waals surface area contributed by atoms with E-state index < -0.39 is 95.5 Å². The van der Waals surface area contributed by atoms with Gasteiger partial charge in [-0.1, -0.05) is 0 Å². The second kappa shape index (κ2) is 12.0. The average Bonchev–Trinajstić information content (AvgIpc) is 2.79. The van der Waals surface area contributed by atoms with Crippen LogP contribution >= 0.6 is 0 Å². The molecule has 0 aliphatic carbocycles. The van der Waals surface area contributed by atoms with Crippen LogP contribution in [-0.2, 0) is 23.1 Å². The minimum Gasteiger partial charge on any atom is -0.302 e. The maximum absolute atomic E-state index is 14.7. The average molecular weight is 866 g/mol. The maximum atomic E-state index is 14.7.